The van der Waals surface area contributed by atoms with E-state index >= 15 is 0 Å². The van der Waals surface area contributed by atoms with Crippen LogP contribution in [0.5, 0.6) is 0 Å². The second-order valence-electron chi connectivity index (χ2n) is 12.2. The Bertz CT molecular complexity index is 2830. The maximum Gasteiger partial charge on any atom is 0.0992 e. The third-order valence-electron chi connectivity index (χ3n) is 8.48. The molecule has 252 valence electrons. The van der Waals surface area contributed by atoms with Crippen LogP contribution in [0, 0.1) is 0 Å². The predicted molar refractivity (Wildman–Crippen MR) is 218 cm³/mol. The molecule has 0 fully saturated rings. The molecule has 16 bridgehead atoms. The molecule has 12 heteroatoms. The van der Waals surface area contributed by atoms with Gasteiger partial charge in [0.05, 0.1) is 71.7 Å². The largest absolute Gasteiger partial charge is 0.355 e. The third-order valence-corrected chi connectivity index (χ3v) is 10.0. The van der Waals surface area contributed by atoms with Gasteiger partial charge in [0, 0.05) is 44.9 Å². The smallest absolute Gasteiger partial charge is 0.0992 e. The van der Waals surface area contributed by atoms with Gasteiger partial charge in [-0.1, -0.05) is 34.8 Å². The number of fused-ring (bicyclic) bond motifs is 16. The molecule has 0 unspecified atom stereocenters. The maximum atomic E-state index is 6.59. The lowest BCUT2D eigenvalue weighted by molar-refractivity contribution is 1.28. The van der Waals surface area contributed by atoms with Crippen LogP contribution in [0.25, 0.3) is 92.7 Å². The van der Waals surface area contributed by atoms with Crippen molar-refractivity contribution >= 4 is 139 Å². The number of nitrogens with one attached hydrogen (secondary N) is 3. The van der Waals surface area contributed by atoms with Gasteiger partial charge >= 0.3 is 0 Å². The summed E-state index contributed by atoms with van der Waals surface area (Å²) in [6.07, 6.45) is 15.5. The van der Waals surface area contributed by atoms with Gasteiger partial charge < -0.3 is 15.0 Å². The van der Waals surface area contributed by atoms with Crippen molar-refractivity contribution in [1.29, 1.82) is 0 Å². The molecule has 3 N–H and O–H groups in total. The van der Waals surface area contributed by atoms with Crippen molar-refractivity contribution in [2.45, 2.75) is 0 Å². The van der Waals surface area contributed by atoms with E-state index < -0.39 is 0 Å². The number of hydrogen-bond acceptors (Lipinski definition) is 4. The van der Waals surface area contributed by atoms with E-state index in [2.05, 4.69) is 65.2 Å². The van der Waals surface area contributed by atoms with Crippen molar-refractivity contribution in [3.8, 4) is 0 Å². The van der Waals surface area contributed by atoms with Gasteiger partial charge in [-0.05, 0) is 127 Å². The summed E-state index contributed by atoms with van der Waals surface area (Å²) < 4.78 is 1.34. The first-order valence-corrected chi connectivity index (χ1v) is 17.6. The zero-order valence-corrected chi connectivity index (χ0v) is 29.9. The topological polar surface area (TPSA) is 104 Å². The van der Waals surface area contributed by atoms with Gasteiger partial charge in [-0.15, -0.1) is 0 Å². The summed E-state index contributed by atoms with van der Waals surface area (Å²) in [7, 11) is 0. The van der Waals surface area contributed by atoms with Gasteiger partial charge in [0.25, 0.3) is 0 Å². The number of halogens is 4. The highest BCUT2D eigenvalue weighted by Gasteiger charge is 2.18. The molecule has 6 aromatic rings. The van der Waals surface area contributed by atoms with E-state index in [1.807, 2.05) is 91.1 Å². The third kappa shape index (κ3) is 6.49. The van der Waals surface area contributed by atoms with E-state index in [0.29, 0.717) is 32.5 Å². The molecule has 6 aromatic heterocycles. The Morgan fingerprint density at radius 2 is 0.750 bits per heavy atom. The molecule has 0 saturated heterocycles. The predicted octanol–water partition coefficient (Wildman–Crippen LogP) is 11.7. The molecule has 0 spiro atoms. The first-order chi connectivity index (χ1) is 25.3. The van der Waals surface area contributed by atoms with Gasteiger partial charge in [0.1, 0.15) is 0 Å². The molecule has 8 nitrogen and oxygen atoms in total. The SMILES string of the molecule is C1=Cc2cc3ccc(cc4ccc(cc5nc(cc1n2)C=C5)[nH]4)[nH]3.Clc1c(Cl)c2c(Cl)c3nc(cc4ccc(cc5nc(cc1n2Cl)C=C5)[nH]4)C=C3. The van der Waals surface area contributed by atoms with Gasteiger partial charge in [0.2, 0.25) is 0 Å². The van der Waals surface area contributed by atoms with Crippen LogP contribution in [0.1, 0.15) is 45.6 Å². The van der Waals surface area contributed by atoms with Gasteiger partial charge in [-0.2, -0.15) is 0 Å². The molecule has 4 aliphatic rings. The monoisotopic (exact) mass is 756 g/mol. The molecular weight excluding hydrogens is 734 g/mol. The summed E-state index contributed by atoms with van der Waals surface area (Å²) in [4.78, 5) is 28.5. The minimum absolute atomic E-state index is 0.262. The number of H-pyrrole nitrogens is 3. The van der Waals surface area contributed by atoms with E-state index in [4.69, 9.17) is 46.6 Å². The summed E-state index contributed by atoms with van der Waals surface area (Å²) in [5.41, 5.74) is 13.4. The number of aromatic amines is 3. The Morgan fingerprint density at radius 3 is 1.21 bits per heavy atom. The quantitative estimate of drug-likeness (QED) is 0.143. The normalized spacial score (nSPS) is 12.7. The lowest BCUT2D eigenvalue weighted by atomic mass is 10.3. The Labute approximate surface area is 316 Å². The van der Waals surface area contributed by atoms with Gasteiger partial charge in [0.15, 0.2) is 0 Å². The van der Waals surface area contributed by atoms with Gasteiger partial charge in [-0.3, -0.25) is 0 Å². The van der Waals surface area contributed by atoms with E-state index in [1.165, 1.54) is 4.09 Å². The van der Waals surface area contributed by atoms with E-state index in [9.17, 15) is 0 Å². The zero-order valence-electron chi connectivity index (χ0n) is 26.9. The first-order valence-electron chi connectivity index (χ1n) is 16.1. The van der Waals surface area contributed by atoms with Gasteiger partial charge in [-0.25, -0.2) is 24.0 Å². The number of aromatic nitrogens is 8. The Balaban J connectivity index is 0.000000140. The van der Waals surface area contributed by atoms with Crippen molar-refractivity contribution in [2.24, 2.45) is 0 Å². The van der Waals surface area contributed by atoms with Crippen LogP contribution < -0.4 is 0 Å². The number of hydrogen-bond donors (Lipinski definition) is 3. The fourth-order valence-electron chi connectivity index (χ4n) is 6.07. The molecule has 0 radical (unpaired) electrons. The fraction of sp³-hybridized carbons (Fsp3) is 0. The van der Waals surface area contributed by atoms with Crippen LogP contribution in [0.2, 0.25) is 15.1 Å². The van der Waals surface area contributed by atoms with Crippen molar-refractivity contribution in [2.75, 3.05) is 0 Å². The summed E-state index contributed by atoms with van der Waals surface area (Å²) in [6.45, 7) is 0. The minimum atomic E-state index is 0.262. The Hall–Kier alpha value is -5.64. The fourth-order valence-corrected chi connectivity index (χ4v) is 7.34. The lowest BCUT2D eigenvalue weighted by Crippen LogP contribution is -1.83. The highest BCUT2D eigenvalue weighted by molar-refractivity contribution is 6.50. The summed E-state index contributed by atoms with van der Waals surface area (Å²) in [6, 6.07) is 26.0. The van der Waals surface area contributed by atoms with E-state index in [0.717, 1.165) is 67.3 Å². The highest BCUT2D eigenvalue weighted by Crippen LogP contribution is 2.39. The molecule has 0 aliphatic carbocycles. The molecule has 0 saturated carbocycles. The summed E-state index contributed by atoms with van der Waals surface area (Å²) in [5.74, 6) is 0. The number of nitrogens with zero attached hydrogens (tertiary/aromatic N) is 5. The van der Waals surface area contributed by atoms with Crippen molar-refractivity contribution in [3.63, 3.8) is 0 Å². The van der Waals surface area contributed by atoms with Crippen LogP contribution >= 0.6 is 46.6 Å². The van der Waals surface area contributed by atoms with Crippen molar-refractivity contribution < 1.29 is 0 Å². The molecule has 52 heavy (non-hydrogen) atoms. The average molecular weight is 758 g/mol. The zero-order chi connectivity index (χ0) is 35.3. The molecular formula is C40H24Cl4N8. The molecule has 0 aromatic carbocycles. The van der Waals surface area contributed by atoms with E-state index in [1.54, 1.807) is 6.07 Å². The Morgan fingerprint density at radius 1 is 0.385 bits per heavy atom. The van der Waals surface area contributed by atoms with Crippen LogP contribution in [0.4, 0.5) is 0 Å². The second kappa shape index (κ2) is 13.2. The van der Waals surface area contributed by atoms with Crippen molar-refractivity contribution in [1.82, 2.24) is 39.0 Å². The van der Waals surface area contributed by atoms with Crippen LogP contribution in [-0.2, 0) is 0 Å². The second-order valence-corrected chi connectivity index (χ2v) is 13.7. The molecule has 0 atom stereocenters. The number of rotatable bonds is 0. The first kappa shape index (κ1) is 32.3. The lowest BCUT2D eigenvalue weighted by Gasteiger charge is -1.96. The standard InChI is InChI=1S/C20H10Cl4N4.C20H14N4/c21-17-15-6-5-13(27-15)8-12-2-1-10(25-12)7-11-3-4-14(26-11)9-16-18(22)19(23)20(17)28(16)24;1-2-14-10-16-5-6-18(23-16)12-20-8-7-19(24-20)11-17-4-3-15(22-17)9-13(1)21-14/h1-9,25H;1-12,21-22H. The summed E-state index contributed by atoms with van der Waals surface area (Å²) in [5, 5.41) is 0.872. The van der Waals surface area contributed by atoms with Crippen LogP contribution in [0.15, 0.2) is 78.9 Å². The molecule has 10 heterocycles. The van der Waals surface area contributed by atoms with Crippen LogP contribution in [0.3, 0.4) is 0 Å². The highest BCUT2D eigenvalue weighted by atomic mass is 35.5. The minimum Gasteiger partial charge on any atom is -0.355 e. The van der Waals surface area contributed by atoms with Crippen LogP contribution in [-0.4, -0.2) is 39.0 Å². The summed E-state index contributed by atoms with van der Waals surface area (Å²) >= 11 is 26.0. The van der Waals surface area contributed by atoms with E-state index in [-0.39, 0.29) is 5.02 Å². The van der Waals surface area contributed by atoms with Crippen molar-refractivity contribution in [3.05, 3.63) is 139 Å². The molecule has 0 amide bonds. The maximum absolute atomic E-state index is 6.59. The average Bonchev–Trinajstić information content (AvgIpc) is 3.97. The Kier molecular flexibility index (Phi) is 8.17. The molecule has 4 aliphatic heterocycles. The molecule has 10 rings (SSSR count).